The standard InChI is InChI=1S/C10H24N2O2.CHNS/c11-5-3-9-13-7-1-2-8-14-10-4-6-12;2-1-3/h1-12H2;3H. The maximum Gasteiger partial charge on any atom is 0.130 e. The van der Waals surface area contributed by atoms with Gasteiger partial charge in [-0.25, -0.2) is 0 Å². The zero-order valence-electron chi connectivity index (χ0n) is 10.4. The van der Waals surface area contributed by atoms with Gasteiger partial charge in [0.15, 0.2) is 0 Å². The fraction of sp³-hybridized carbons (Fsp3) is 0.909. The summed E-state index contributed by atoms with van der Waals surface area (Å²) < 4.78 is 10.7. The first kappa shape index (κ1) is 19.0. The number of thiol groups is 1. The summed E-state index contributed by atoms with van der Waals surface area (Å²) in [6.07, 6.45) is 4.03. The molecule has 4 N–H and O–H groups in total. The van der Waals surface area contributed by atoms with Gasteiger partial charge in [0, 0.05) is 26.4 Å². The van der Waals surface area contributed by atoms with Crippen LogP contribution in [-0.2, 0) is 9.47 Å². The highest BCUT2D eigenvalue weighted by Gasteiger charge is 1.90. The van der Waals surface area contributed by atoms with Crippen molar-refractivity contribution in [3.63, 3.8) is 0 Å². The Morgan fingerprint density at radius 2 is 1.12 bits per heavy atom. The molecule has 0 amide bonds. The Hall–Kier alpha value is -0.320. The molecule has 0 aliphatic carbocycles. The Balaban J connectivity index is 0. The van der Waals surface area contributed by atoms with Crippen molar-refractivity contribution in [2.45, 2.75) is 25.7 Å². The average molecular weight is 263 g/mol. The largest absolute Gasteiger partial charge is 0.381 e. The lowest BCUT2D eigenvalue weighted by Gasteiger charge is -2.04. The first-order chi connectivity index (χ1) is 8.33. The highest BCUT2D eigenvalue weighted by molar-refractivity contribution is 7.85. The monoisotopic (exact) mass is 263 g/mol. The molecule has 0 fully saturated rings. The molecule has 102 valence electrons. The minimum atomic E-state index is 0.711. The highest BCUT2D eigenvalue weighted by Crippen LogP contribution is 1.92. The van der Waals surface area contributed by atoms with Gasteiger partial charge in [-0.3, -0.25) is 0 Å². The molecule has 0 heterocycles. The summed E-state index contributed by atoms with van der Waals surface area (Å²) in [5.74, 6) is 0. The maximum atomic E-state index is 7.18. The topological polar surface area (TPSA) is 94.3 Å². The van der Waals surface area contributed by atoms with Crippen LogP contribution in [0.4, 0.5) is 0 Å². The predicted octanol–water partition coefficient (Wildman–Crippen LogP) is 0.895. The number of nitriles is 1. The number of hydrogen-bond donors (Lipinski definition) is 3. The zero-order chi connectivity index (χ0) is 13.2. The van der Waals surface area contributed by atoms with Gasteiger partial charge in [0.2, 0.25) is 0 Å². The van der Waals surface area contributed by atoms with Crippen molar-refractivity contribution in [2.75, 3.05) is 39.5 Å². The van der Waals surface area contributed by atoms with Crippen LogP contribution in [0.15, 0.2) is 0 Å². The van der Waals surface area contributed by atoms with Crippen LogP contribution in [-0.4, -0.2) is 39.5 Å². The van der Waals surface area contributed by atoms with E-state index < -0.39 is 0 Å². The summed E-state index contributed by atoms with van der Waals surface area (Å²) in [7, 11) is 0. The van der Waals surface area contributed by atoms with Crippen LogP contribution >= 0.6 is 12.6 Å². The van der Waals surface area contributed by atoms with Crippen molar-refractivity contribution in [3.8, 4) is 5.40 Å². The lowest BCUT2D eigenvalue weighted by Crippen LogP contribution is -2.07. The van der Waals surface area contributed by atoms with Crippen LogP contribution in [0, 0.1) is 10.7 Å². The molecule has 0 saturated heterocycles. The van der Waals surface area contributed by atoms with Gasteiger partial charge >= 0.3 is 0 Å². The number of thiocyanates is 1. The van der Waals surface area contributed by atoms with Crippen LogP contribution in [0.5, 0.6) is 0 Å². The summed E-state index contributed by atoms with van der Waals surface area (Å²) in [5.41, 5.74) is 10.7. The second kappa shape index (κ2) is 21.0. The maximum absolute atomic E-state index is 7.18. The van der Waals surface area contributed by atoms with E-state index in [1.54, 1.807) is 0 Å². The number of ether oxygens (including phenoxy) is 2. The van der Waals surface area contributed by atoms with Crippen molar-refractivity contribution >= 4 is 12.6 Å². The van der Waals surface area contributed by atoms with E-state index in [0.29, 0.717) is 13.1 Å². The van der Waals surface area contributed by atoms with E-state index in [1.807, 2.05) is 0 Å². The molecule has 0 saturated carbocycles. The minimum absolute atomic E-state index is 0.711. The first-order valence-electron chi connectivity index (χ1n) is 5.92. The molecule has 0 unspecified atom stereocenters. The predicted molar refractivity (Wildman–Crippen MR) is 72.8 cm³/mol. The van der Waals surface area contributed by atoms with Crippen molar-refractivity contribution in [1.29, 1.82) is 5.26 Å². The molecule has 0 aromatic carbocycles. The van der Waals surface area contributed by atoms with Crippen LogP contribution in [0.2, 0.25) is 0 Å². The Morgan fingerprint density at radius 3 is 1.41 bits per heavy atom. The van der Waals surface area contributed by atoms with Gasteiger partial charge in [0.25, 0.3) is 0 Å². The van der Waals surface area contributed by atoms with E-state index in [9.17, 15) is 0 Å². The van der Waals surface area contributed by atoms with Crippen LogP contribution in [0.25, 0.3) is 0 Å². The van der Waals surface area contributed by atoms with Crippen LogP contribution < -0.4 is 11.5 Å². The molecule has 5 nitrogen and oxygen atoms in total. The Kier molecular flexibility index (Phi) is 23.5. The molecular weight excluding hydrogens is 238 g/mol. The van der Waals surface area contributed by atoms with Crippen molar-refractivity contribution < 1.29 is 9.47 Å². The first-order valence-corrected chi connectivity index (χ1v) is 6.37. The molecule has 0 aliphatic rings. The Labute approximate surface area is 110 Å². The van der Waals surface area contributed by atoms with Gasteiger partial charge in [-0.15, -0.1) is 0 Å². The molecule has 0 atom stereocenters. The fourth-order valence-electron chi connectivity index (χ4n) is 0.983. The molecule has 6 heteroatoms. The molecule has 0 aromatic rings. The third kappa shape index (κ3) is 25.7. The van der Waals surface area contributed by atoms with E-state index >= 15 is 0 Å². The molecule has 0 aromatic heterocycles. The van der Waals surface area contributed by atoms with E-state index in [0.717, 1.165) is 52.1 Å². The molecule has 17 heavy (non-hydrogen) atoms. The second-order valence-electron chi connectivity index (χ2n) is 3.32. The number of unbranched alkanes of at least 4 members (excludes halogenated alkanes) is 1. The minimum Gasteiger partial charge on any atom is -0.381 e. The van der Waals surface area contributed by atoms with Crippen LogP contribution in [0.1, 0.15) is 25.7 Å². The van der Waals surface area contributed by atoms with Gasteiger partial charge in [-0.1, -0.05) is 12.6 Å². The number of rotatable bonds is 11. The molecular formula is C11H25N3O2S. The average Bonchev–Trinajstić information content (AvgIpc) is 2.33. The van der Waals surface area contributed by atoms with Crippen LogP contribution in [0.3, 0.4) is 0 Å². The number of nitrogens with zero attached hydrogens (tertiary/aromatic N) is 1. The summed E-state index contributed by atoms with van der Waals surface area (Å²) in [6.45, 7) is 4.62. The van der Waals surface area contributed by atoms with E-state index in [-0.39, 0.29) is 0 Å². The van der Waals surface area contributed by atoms with Crippen molar-refractivity contribution in [2.24, 2.45) is 11.5 Å². The second-order valence-corrected chi connectivity index (χ2v) is 3.52. The van der Waals surface area contributed by atoms with E-state index in [2.05, 4.69) is 12.6 Å². The molecule has 0 bridgehead atoms. The van der Waals surface area contributed by atoms with E-state index in [4.69, 9.17) is 26.2 Å². The van der Waals surface area contributed by atoms with Gasteiger partial charge in [-0.05, 0) is 38.8 Å². The molecule has 0 radical (unpaired) electrons. The third-order valence-electron chi connectivity index (χ3n) is 1.81. The van der Waals surface area contributed by atoms with E-state index in [1.165, 1.54) is 5.40 Å². The smallest absolute Gasteiger partial charge is 0.130 e. The number of nitrogens with two attached hydrogens (primary N) is 2. The fourth-order valence-corrected chi connectivity index (χ4v) is 0.983. The zero-order valence-corrected chi connectivity index (χ0v) is 11.3. The highest BCUT2D eigenvalue weighted by atomic mass is 32.1. The van der Waals surface area contributed by atoms with Crippen molar-refractivity contribution in [1.82, 2.24) is 0 Å². The SMILES string of the molecule is N#CS.NCCCOCCCCOCCCN. The molecule has 0 spiro atoms. The summed E-state index contributed by atoms with van der Waals surface area (Å²) in [4.78, 5) is 0. The Morgan fingerprint density at radius 1 is 0.824 bits per heavy atom. The quantitative estimate of drug-likeness (QED) is 0.292. The number of hydrogen-bond acceptors (Lipinski definition) is 6. The molecule has 0 rings (SSSR count). The van der Waals surface area contributed by atoms with Gasteiger partial charge in [0.1, 0.15) is 5.40 Å². The third-order valence-corrected chi connectivity index (χ3v) is 1.81. The summed E-state index contributed by atoms with van der Waals surface area (Å²) in [5, 5.41) is 8.63. The summed E-state index contributed by atoms with van der Waals surface area (Å²) in [6, 6.07) is 0. The molecule has 0 aliphatic heterocycles. The van der Waals surface area contributed by atoms with Gasteiger partial charge in [-0.2, -0.15) is 5.26 Å². The van der Waals surface area contributed by atoms with Gasteiger partial charge in [0.05, 0.1) is 0 Å². The summed E-state index contributed by atoms with van der Waals surface area (Å²) >= 11 is 3.09. The lowest BCUT2D eigenvalue weighted by molar-refractivity contribution is 0.102. The van der Waals surface area contributed by atoms with Crippen molar-refractivity contribution in [3.05, 3.63) is 0 Å². The lowest BCUT2D eigenvalue weighted by atomic mass is 10.3. The Bertz CT molecular complexity index is 153. The van der Waals surface area contributed by atoms with Gasteiger partial charge < -0.3 is 20.9 Å². The normalized spacial score (nSPS) is 9.29.